The largest absolute Gasteiger partial charge is 0.493 e. The lowest BCUT2D eigenvalue weighted by Crippen LogP contribution is -2.27. The number of rotatable bonds is 8. The minimum Gasteiger partial charge on any atom is -0.493 e. The van der Waals surface area contributed by atoms with Gasteiger partial charge < -0.3 is 9.47 Å². The van der Waals surface area contributed by atoms with Gasteiger partial charge in [0.2, 0.25) is 0 Å². The van der Waals surface area contributed by atoms with Gasteiger partial charge in [-0.25, -0.2) is 0 Å². The number of hydrogen-bond acceptors (Lipinski definition) is 7. The molecule has 0 N–H and O–H groups in total. The number of nitro benzene ring substituents is 1. The Hall–Kier alpha value is -3.69. The zero-order valence-corrected chi connectivity index (χ0v) is 19.8. The molecule has 3 aromatic carbocycles. The summed E-state index contributed by atoms with van der Waals surface area (Å²) in [4.78, 5) is 25.6. The second-order valence-electron chi connectivity index (χ2n) is 7.38. The average Bonchev–Trinajstić information content (AvgIpc) is 3.11. The Labute approximate surface area is 206 Å². The van der Waals surface area contributed by atoms with Crippen LogP contribution in [-0.4, -0.2) is 27.2 Å². The molecular formula is C25H20N2O5S2. The van der Waals surface area contributed by atoms with E-state index in [-0.39, 0.29) is 18.2 Å². The Balaban J connectivity index is 1.48. The number of nitro groups is 1. The molecule has 0 spiro atoms. The van der Waals surface area contributed by atoms with Crippen LogP contribution in [0.2, 0.25) is 0 Å². The number of ether oxygens (including phenoxy) is 2. The molecular weight excluding hydrogens is 472 g/mol. The van der Waals surface area contributed by atoms with Gasteiger partial charge in [0.15, 0.2) is 11.5 Å². The van der Waals surface area contributed by atoms with E-state index in [1.165, 1.54) is 31.0 Å². The maximum Gasteiger partial charge on any atom is 0.269 e. The Morgan fingerprint density at radius 3 is 2.53 bits per heavy atom. The van der Waals surface area contributed by atoms with Gasteiger partial charge in [-0.05, 0) is 34.9 Å². The lowest BCUT2D eigenvalue weighted by atomic mass is 10.1. The lowest BCUT2D eigenvalue weighted by molar-refractivity contribution is -0.384. The second-order valence-corrected chi connectivity index (χ2v) is 9.06. The van der Waals surface area contributed by atoms with Gasteiger partial charge in [-0.2, -0.15) is 0 Å². The molecule has 34 heavy (non-hydrogen) atoms. The molecule has 0 unspecified atom stereocenters. The molecule has 1 aliphatic heterocycles. The molecule has 0 aromatic heterocycles. The van der Waals surface area contributed by atoms with E-state index in [9.17, 15) is 14.9 Å². The Bertz CT molecular complexity index is 1280. The number of hydrogen-bond donors (Lipinski definition) is 0. The van der Waals surface area contributed by atoms with Gasteiger partial charge in [0.25, 0.3) is 11.6 Å². The molecule has 1 saturated heterocycles. The van der Waals surface area contributed by atoms with E-state index < -0.39 is 4.92 Å². The highest BCUT2D eigenvalue weighted by Crippen LogP contribution is 2.35. The normalized spacial score (nSPS) is 14.5. The third kappa shape index (κ3) is 5.44. The fourth-order valence-electron chi connectivity index (χ4n) is 3.37. The minimum atomic E-state index is -0.443. The summed E-state index contributed by atoms with van der Waals surface area (Å²) in [6, 6.07) is 21.3. The van der Waals surface area contributed by atoms with Crippen molar-refractivity contribution >= 4 is 46.0 Å². The molecule has 0 atom stereocenters. The summed E-state index contributed by atoms with van der Waals surface area (Å²) in [5.41, 5.74) is 2.45. The molecule has 1 amide bonds. The molecule has 0 bridgehead atoms. The average molecular weight is 493 g/mol. The third-order valence-electron chi connectivity index (χ3n) is 5.06. The van der Waals surface area contributed by atoms with Gasteiger partial charge in [0, 0.05) is 12.1 Å². The van der Waals surface area contributed by atoms with Crippen LogP contribution >= 0.6 is 24.0 Å². The lowest BCUT2D eigenvalue weighted by Gasteiger charge is -2.14. The highest BCUT2D eigenvalue weighted by Gasteiger charge is 2.32. The van der Waals surface area contributed by atoms with Crippen LogP contribution in [0.4, 0.5) is 5.69 Å². The first kappa shape index (κ1) is 23.5. The topological polar surface area (TPSA) is 81.9 Å². The van der Waals surface area contributed by atoms with Crippen molar-refractivity contribution in [2.75, 3.05) is 7.11 Å². The van der Waals surface area contributed by atoms with E-state index in [2.05, 4.69) is 0 Å². The molecule has 7 nitrogen and oxygen atoms in total. The maximum absolute atomic E-state index is 12.9. The summed E-state index contributed by atoms with van der Waals surface area (Å²) >= 11 is 6.69. The molecule has 3 aromatic rings. The van der Waals surface area contributed by atoms with Crippen LogP contribution < -0.4 is 9.47 Å². The number of carbonyl (C=O) groups excluding carboxylic acids is 1. The Kier molecular flexibility index (Phi) is 7.24. The number of amides is 1. The molecule has 0 aliphatic carbocycles. The third-order valence-corrected chi connectivity index (χ3v) is 6.44. The summed E-state index contributed by atoms with van der Waals surface area (Å²) in [5.74, 6) is 0.838. The zero-order chi connectivity index (χ0) is 24.1. The number of thioether (sulfide) groups is 1. The molecule has 1 aliphatic rings. The number of methoxy groups -OCH3 is 1. The van der Waals surface area contributed by atoms with Crippen molar-refractivity contribution in [3.8, 4) is 11.5 Å². The van der Waals surface area contributed by atoms with E-state index >= 15 is 0 Å². The van der Waals surface area contributed by atoms with Crippen molar-refractivity contribution in [1.29, 1.82) is 0 Å². The van der Waals surface area contributed by atoms with Crippen LogP contribution in [0.5, 0.6) is 11.5 Å². The van der Waals surface area contributed by atoms with Crippen LogP contribution in [0.25, 0.3) is 6.08 Å². The van der Waals surface area contributed by atoms with Crippen LogP contribution in [0.3, 0.4) is 0 Å². The summed E-state index contributed by atoms with van der Waals surface area (Å²) in [6.45, 7) is 0.576. The molecule has 4 rings (SSSR count). The van der Waals surface area contributed by atoms with Gasteiger partial charge in [0.1, 0.15) is 10.9 Å². The van der Waals surface area contributed by atoms with Crippen molar-refractivity contribution in [3.63, 3.8) is 0 Å². The Morgan fingerprint density at radius 1 is 1.03 bits per heavy atom. The maximum atomic E-state index is 12.9. The fraction of sp³-hybridized carbons (Fsp3) is 0.120. The fourth-order valence-corrected chi connectivity index (χ4v) is 4.62. The van der Waals surface area contributed by atoms with Crippen molar-refractivity contribution in [2.45, 2.75) is 13.2 Å². The standard InChI is InChI=1S/C25H20N2O5S2/c1-31-22-13-18(10-11-21(22)32-16-19-8-5-9-20(12-19)27(29)30)14-23-24(28)26(25(33)34-23)15-17-6-3-2-4-7-17/h2-14H,15-16H2,1H3/b23-14-. The summed E-state index contributed by atoms with van der Waals surface area (Å²) < 4.78 is 11.8. The van der Waals surface area contributed by atoms with Gasteiger partial charge in [-0.1, -0.05) is 72.5 Å². The molecule has 0 saturated carbocycles. The number of benzene rings is 3. The van der Waals surface area contributed by atoms with E-state index in [4.69, 9.17) is 21.7 Å². The van der Waals surface area contributed by atoms with Crippen molar-refractivity contribution in [3.05, 3.63) is 105 Å². The van der Waals surface area contributed by atoms with Crippen LogP contribution in [0, 0.1) is 10.1 Å². The number of non-ortho nitro benzene ring substituents is 1. The van der Waals surface area contributed by atoms with Crippen LogP contribution in [0.15, 0.2) is 77.7 Å². The monoisotopic (exact) mass is 492 g/mol. The highest BCUT2D eigenvalue weighted by molar-refractivity contribution is 8.26. The molecule has 172 valence electrons. The van der Waals surface area contributed by atoms with Crippen molar-refractivity contribution < 1.29 is 19.2 Å². The number of thiocarbonyl (C=S) groups is 1. The quantitative estimate of drug-likeness (QED) is 0.176. The van der Waals surface area contributed by atoms with Gasteiger partial charge >= 0.3 is 0 Å². The van der Waals surface area contributed by atoms with Crippen LogP contribution in [0.1, 0.15) is 16.7 Å². The predicted octanol–water partition coefficient (Wildman–Crippen LogP) is 5.58. The van der Waals surface area contributed by atoms with E-state index in [0.717, 1.165) is 11.1 Å². The van der Waals surface area contributed by atoms with Crippen molar-refractivity contribution in [2.24, 2.45) is 0 Å². The molecule has 9 heteroatoms. The van der Waals surface area contributed by atoms with Gasteiger partial charge in [0.05, 0.1) is 23.5 Å². The summed E-state index contributed by atoms with van der Waals surface area (Å²) in [5, 5.41) is 11.0. The highest BCUT2D eigenvalue weighted by atomic mass is 32.2. The van der Waals surface area contributed by atoms with Gasteiger partial charge in [-0.3, -0.25) is 19.8 Å². The minimum absolute atomic E-state index is 0.00740. The zero-order valence-electron chi connectivity index (χ0n) is 18.2. The predicted molar refractivity (Wildman–Crippen MR) is 136 cm³/mol. The second kappa shape index (κ2) is 10.5. The van der Waals surface area contributed by atoms with E-state index in [1.54, 1.807) is 35.2 Å². The van der Waals surface area contributed by atoms with Crippen LogP contribution in [-0.2, 0) is 17.9 Å². The molecule has 0 radical (unpaired) electrons. The summed E-state index contributed by atoms with van der Waals surface area (Å²) in [6.07, 6.45) is 1.77. The summed E-state index contributed by atoms with van der Waals surface area (Å²) in [7, 11) is 1.53. The molecule has 1 fully saturated rings. The first-order valence-corrected chi connectivity index (χ1v) is 11.5. The van der Waals surface area contributed by atoms with E-state index in [0.29, 0.717) is 32.8 Å². The first-order valence-electron chi connectivity index (χ1n) is 10.3. The SMILES string of the molecule is COc1cc(/C=C2\SC(=S)N(Cc3ccccc3)C2=O)ccc1OCc1cccc([N+](=O)[O-])c1. The molecule has 1 heterocycles. The van der Waals surface area contributed by atoms with Gasteiger partial charge in [-0.15, -0.1) is 0 Å². The van der Waals surface area contributed by atoms with Crippen molar-refractivity contribution in [1.82, 2.24) is 4.90 Å². The first-order chi connectivity index (χ1) is 16.4. The van der Waals surface area contributed by atoms with E-state index in [1.807, 2.05) is 36.4 Å². The number of carbonyl (C=O) groups is 1. The smallest absolute Gasteiger partial charge is 0.269 e. The Morgan fingerprint density at radius 2 is 1.79 bits per heavy atom. The number of nitrogens with zero attached hydrogens (tertiary/aromatic N) is 2.